The van der Waals surface area contributed by atoms with Gasteiger partial charge in [-0.25, -0.2) is 0 Å². The number of carbonyl (C=O) groups excluding carboxylic acids is 1. The van der Waals surface area contributed by atoms with Crippen LogP contribution in [0.2, 0.25) is 0 Å². The van der Waals surface area contributed by atoms with E-state index in [9.17, 15) is 4.79 Å². The molecule has 1 amide bonds. The molecule has 0 aliphatic rings. The molecule has 0 aromatic rings. The number of hydrogen-bond acceptors (Lipinski definition) is 2. The van der Waals surface area contributed by atoms with Gasteiger partial charge in [0.1, 0.15) is 0 Å². The lowest BCUT2D eigenvalue weighted by molar-refractivity contribution is -0.128. The van der Waals surface area contributed by atoms with Crippen molar-refractivity contribution in [3.05, 3.63) is 0 Å². The Balaban J connectivity index is 4.81. The van der Waals surface area contributed by atoms with Gasteiger partial charge in [0.05, 0.1) is 10.4 Å². The smallest absolute Gasteiger partial charge is 0.233 e. The minimum atomic E-state index is -0.667. The maximum Gasteiger partial charge on any atom is 0.233 e. The van der Waals surface area contributed by atoms with Gasteiger partial charge in [0.2, 0.25) is 5.91 Å². The zero-order valence-electron chi connectivity index (χ0n) is 9.39. The SMILES string of the molecule is CCC(CC)(C(=O)NC(C)C)C(N)=S. The number of nitrogens with two attached hydrogens (primary N) is 1. The van der Waals surface area contributed by atoms with Gasteiger partial charge < -0.3 is 11.1 Å². The van der Waals surface area contributed by atoms with Crippen molar-refractivity contribution in [1.82, 2.24) is 5.32 Å². The molecule has 0 rings (SSSR count). The standard InChI is InChI=1S/C10H20N2OS/c1-5-10(6-2,8(11)14)9(13)12-7(3)4/h7H,5-6H2,1-4H3,(H2,11,14)(H,12,13). The molecular formula is C10H20N2OS. The number of rotatable bonds is 5. The number of amides is 1. The van der Waals surface area contributed by atoms with Crippen LogP contribution < -0.4 is 11.1 Å². The topological polar surface area (TPSA) is 55.1 Å². The highest BCUT2D eigenvalue weighted by Crippen LogP contribution is 2.27. The van der Waals surface area contributed by atoms with Crippen molar-refractivity contribution in [3.8, 4) is 0 Å². The molecule has 0 saturated heterocycles. The normalized spacial score (nSPS) is 11.5. The van der Waals surface area contributed by atoms with Crippen molar-refractivity contribution in [2.75, 3.05) is 0 Å². The third-order valence-electron chi connectivity index (χ3n) is 2.53. The van der Waals surface area contributed by atoms with Gasteiger partial charge in [-0.05, 0) is 26.7 Å². The monoisotopic (exact) mass is 216 g/mol. The first-order valence-electron chi connectivity index (χ1n) is 5.01. The molecule has 0 atom stereocenters. The molecule has 4 heteroatoms. The van der Waals surface area contributed by atoms with Crippen LogP contribution in [0.25, 0.3) is 0 Å². The van der Waals surface area contributed by atoms with Gasteiger partial charge in [0.15, 0.2) is 0 Å². The first kappa shape index (κ1) is 13.4. The maximum absolute atomic E-state index is 11.9. The summed E-state index contributed by atoms with van der Waals surface area (Å²) in [6.45, 7) is 7.71. The van der Waals surface area contributed by atoms with Crippen molar-refractivity contribution in [2.24, 2.45) is 11.1 Å². The number of nitrogens with one attached hydrogen (secondary N) is 1. The lowest BCUT2D eigenvalue weighted by atomic mass is 9.81. The highest BCUT2D eigenvalue weighted by molar-refractivity contribution is 7.80. The predicted molar refractivity (Wildman–Crippen MR) is 63.1 cm³/mol. The Labute approximate surface area is 91.4 Å². The Hall–Kier alpha value is -0.640. The van der Waals surface area contributed by atoms with Crippen LogP contribution in [0.3, 0.4) is 0 Å². The molecule has 0 saturated carbocycles. The van der Waals surface area contributed by atoms with Crippen molar-refractivity contribution in [1.29, 1.82) is 0 Å². The molecule has 0 aromatic carbocycles. The van der Waals surface area contributed by atoms with Gasteiger partial charge in [-0.3, -0.25) is 4.79 Å². The maximum atomic E-state index is 11.9. The number of carbonyl (C=O) groups is 1. The zero-order chi connectivity index (χ0) is 11.4. The van der Waals surface area contributed by atoms with Gasteiger partial charge in [0.25, 0.3) is 0 Å². The van der Waals surface area contributed by atoms with Crippen molar-refractivity contribution in [2.45, 2.75) is 46.6 Å². The Bertz CT molecular complexity index is 222. The third kappa shape index (κ3) is 2.67. The van der Waals surface area contributed by atoms with Crippen LogP contribution in [0.4, 0.5) is 0 Å². The molecule has 0 aliphatic carbocycles. The van der Waals surface area contributed by atoms with E-state index in [0.717, 1.165) is 0 Å². The minimum absolute atomic E-state index is 0.0509. The fourth-order valence-corrected chi connectivity index (χ4v) is 1.81. The first-order valence-corrected chi connectivity index (χ1v) is 5.42. The Morgan fingerprint density at radius 1 is 1.43 bits per heavy atom. The minimum Gasteiger partial charge on any atom is -0.392 e. The Morgan fingerprint density at radius 3 is 2.07 bits per heavy atom. The fraction of sp³-hybridized carbons (Fsp3) is 0.800. The van der Waals surface area contributed by atoms with Crippen LogP contribution >= 0.6 is 12.2 Å². The second-order valence-electron chi connectivity index (χ2n) is 3.78. The summed E-state index contributed by atoms with van der Waals surface area (Å²) in [6.07, 6.45) is 1.30. The van der Waals surface area contributed by atoms with Crippen molar-refractivity contribution >= 4 is 23.1 Å². The van der Waals surface area contributed by atoms with E-state index >= 15 is 0 Å². The van der Waals surface area contributed by atoms with Crippen molar-refractivity contribution in [3.63, 3.8) is 0 Å². The molecular weight excluding hydrogens is 196 g/mol. The summed E-state index contributed by atoms with van der Waals surface area (Å²) in [7, 11) is 0. The molecule has 14 heavy (non-hydrogen) atoms. The summed E-state index contributed by atoms with van der Waals surface area (Å²) in [4.78, 5) is 12.2. The molecule has 0 fully saturated rings. The molecule has 0 unspecified atom stereocenters. The van der Waals surface area contributed by atoms with Gasteiger partial charge >= 0.3 is 0 Å². The molecule has 3 N–H and O–H groups in total. The molecule has 3 nitrogen and oxygen atoms in total. The van der Waals surface area contributed by atoms with Gasteiger partial charge in [-0.2, -0.15) is 0 Å². The van der Waals surface area contributed by atoms with Gasteiger partial charge in [0, 0.05) is 6.04 Å². The molecule has 0 radical (unpaired) electrons. The lowest BCUT2D eigenvalue weighted by Gasteiger charge is -2.29. The van der Waals surface area contributed by atoms with E-state index in [4.69, 9.17) is 18.0 Å². The molecule has 0 bridgehead atoms. The van der Waals surface area contributed by atoms with E-state index in [1.54, 1.807) is 0 Å². The third-order valence-corrected chi connectivity index (χ3v) is 2.92. The number of hydrogen-bond donors (Lipinski definition) is 2. The largest absolute Gasteiger partial charge is 0.392 e. The van der Waals surface area contributed by atoms with Crippen LogP contribution in [0, 0.1) is 5.41 Å². The Kier molecular flexibility index (Phi) is 5.05. The van der Waals surface area contributed by atoms with Gasteiger partial charge in [-0.1, -0.05) is 26.1 Å². The molecule has 0 heterocycles. The fourth-order valence-electron chi connectivity index (χ4n) is 1.43. The average molecular weight is 216 g/mol. The van der Waals surface area contributed by atoms with Crippen LogP contribution in [0.5, 0.6) is 0 Å². The molecule has 82 valence electrons. The average Bonchev–Trinajstić information content (AvgIpc) is 2.05. The Morgan fingerprint density at radius 2 is 1.86 bits per heavy atom. The summed E-state index contributed by atoms with van der Waals surface area (Å²) in [6, 6.07) is 0.120. The predicted octanol–water partition coefficient (Wildman–Crippen LogP) is 1.60. The number of thiocarbonyl (C=S) groups is 1. The summed E-state index contributed by atoms with van der Waals surface area (Å²) < 4.78 is 0. The molecule has 0 aliphatic heterocycles. The highest BCUT2D eigenvalue weighted by Gasteiger charge is 2.38. The summed E-state index contributed by atoms with van der Waals surface area (Å²) >= 11 is 4.97. The van der Waals surface area contributed by atoms with Crippen LogP contribution in [0.1, 0.15) is 40.5 Å². The second kappa shape index (κ2) is 5.29. The van der Waals surface area contributed by atoms with E-state index < -0.39 is 5.41 Å². The van der Waals surface area contributed by atoms with Gasteiger partial charge in [-0.15, -0.1) is 0 Å². The van der Waals surface area contributed by atoms with Crippen LogP contribution in [-0.2, 0) is 4.79 Å². The summed E-state index contributed by atoms with van der Waals surface area (Å²) in [5.74, 6) is -0.0509. The van der Waals surface area contributed by atoms with Crippen LogP contribution in [-0.4, -0.2) is 16.9 Å². The molecule has 0 spiro atoms. The lowest BCUT2D eigenvalue weighted by Crippen LogP contribution is -2.50. The van der Waals surface area contributed by atoms with E-state index in [-0.39, 0.29) is 11.9 Å². The van der Waals surface area contributed by atoms with E-state index in [1.807, 2.05) is 27.7 Å². The van der Waals surface area contributed by atoms with Crippen molar-refractivity contribution < 1.29 is 4.79 Å². The second-order valence-corrected chi connectivity index (χ2v) is 4.22. The van der Waals surface area contributed by atoms with E-state index in [1.165, 1.54) is 0 Å². The zero-order valence-corrected chi connectivity index (χ0v) is 10.2. The molecule has 0 aromatic heterocycles. The first-order chi connectivity index (χ1) is 6.40. The summed E-state index contributed by atoms with van der Waals surface area (Å²) in [5.41, 5.74) is 4.97. The van der Waals surface area contributed by atoms with E-state index in [0.29, 0.717) is 17.8 Å². The van der Waals surface area contributed by atoms with Crippen LogP contribution in [0.15, 0.2) is 0 Å². The summed E-state index contributed by atoms with van der Waals surface area (Å²) in [5, 5.41) is 2.86. The van der Waals surface area contributed by atoms with E-state index in [2.05, 4.69) is 5.32 Å². The quantitative estimate of drug-likeness (QED) is 0.686. The highest BCUT2D eigenvalue weighted by atomic mass is 32.1.